The summed E-state index contributed by atoms with van der Waals surface area (Å²) in [5.41, 5.74) is 9.30. The average Bonchev–Trinajstić information content (AvgIpc) is 3.05. The molecule has 0 saturated heterocycles. The number of benzene rings is 2. The molecule has 2 aromatic carbocycles. The Morgan fingerprint density at radius 1 is 1.21 bits per heavy atom. The fourth-order valence-electron chi connectivity index (χ4n) is 2.89. The lowest BCUT2D eigenvalue weighted by Gasteiger charge is -2.09. The van der Waals surface area contributed by atoms with E-state index in [9.17, 15) is 4.79 Å². The normalized spacial score (nSPS) is 11.4. The maximum absolute atomic E-state index is 11.2. The molecule has 0 aliphatic heterocycles. The molecule has 28 heavy (non-hydrogen) atoms. The number of rotatable bonds is 6. The standard InChI is InChI=1S/C21H23N5OS/c1-4-14-8-9-19-18(11-17(28-19)12-23-3)20(14)26-21(22)25-16-7-5-6-15(10-16)24-13(2)27/h4-11,23H,1,12H2,2-3H3,(H,24,27)(H3,22,25,26). The van der Waals surface area contributed by atoms with Crippen LogP contribution in [0.3, 0.4) is 0 Å². The highest BCUT2D eigenvalue weighted by molar-refractivity contribution is 7.19. The number of hydrogen-bond donors (Lipinski definition) is 4. The van der Waals surface area contributed by atoms with E-state index in [0.717, 1.165) is 33.6 Å². The minimum atomic E-state index is -0.129. The second kappa shape index (κ2) is 8.69. The first-order valence-electron chi connectivity index (χ1n) is 8.81. The van der Waals surface area contributed by atoms with Crippen molar-refractivity contribution in [2.24, 2.45) is 10.7 Å². The van der Waals surface area contributed by atoms with Crippen molar-refractivity contribution in [3.05, 3.63) is 59.5 Å². The second-order valence-corrected chi connectivity index (χ2v) is 7.41. The number of aliphatic imine (C=N–C) groups is 1. The number of carbonyl (C=O) groups excluding carboxylic acids is 1. The predicted molar refractivity (Wildman–Crippen MR) is 120 cm³/mol. The first-order valence-corrected chi connectivity index (χ1v) is 9.63. The number of nitrogens with zero attached hydrogens (tertiary/aromatic N) is 1. The third-order valence-electron chi connectivity index (χ3n) is 4.01. The van der Waals surface area contributed by atoms with Gasteiger partial charge < -0.3 is 21.7 Å². The molecule has 0 aliphatic carbocycles. The number of hydrogen-bond acceptors (Lipinski definition) is 4. The first-order chi connectivity index (χ1) is 13.5. The summed E-state index contributed by atoms with van der Waals surface area (Å²) in [4.78, 5) is 17.1. The van der Waals surface area contributed by atoms with Crippen molar-refractivity contribution >= 4 is 56.4 Å². The van der Waals surface area contributed by atoms with Crippen molar-refractivity contribution in [2.75, 3.05) is 17.7 Å². The molecule has 0 radical (unpaired) electrons. The van der Waals surface area contributed by atoms with Crippen LogP contribution in [0, 0.1) is 0 Å². The van der Waals surface area contributed by atoms with E-state index >= 15 is 0 Å². The number of thiophene rings is 1. The molecular formula is C21H23N5OS. The molecule has 7 heteroatoms. The van der Waals surface area contributed by atoms with Crippen molar-refractivity contribution in [2.45, 2.75) is 13.5 Å². The quantitative estimate of drug-likeness (QED) is 0.372. The maximum atomic E-state index is 11.2. The SMILES string of the molecule is C=Cc1ccc2sc(CNC)cc2c1/N=C(\N)Nc1cccc(NC(C)=O)c1. The fraction of sp³-hybridized carbons (Fsp3) is 0.143. The van der Waals surface area contributed by atoms with Crippen molar-refractivity contribution in [1.82, 2.24) is 5.32 Å². The molecule has 1 aromatic heterocycles. The highest BCUT2D eigenvalue weighted by Gasteiger charge is 2.10. The molecule has 144 valence electrons. The van der Waals surface area contributed by atoms with Gasteiger partial charge in [-0.25, -0.2) is 4.99 Å². The zero-order valence-electron chi connectivity index (χ0n) is 15.9. The van der Waals surface area contributed by atoms with Crippen molar-refractivity contribution in [1.29, 1.82) is 0 Å². The van der Waals surface area contributed by atoms with Crippen LogP contribution in [0.1, 0.15) is 17.4 Å². The maximum Gasteiger partial charge on any atom is 0.221 e. The van der Waals surface area contributed by atoms with Crippen molar-refractivity contribution < 1.29 is 4.79 Å². The molecule has 0 fully saturated rings. The first kappa shape index (κ1) is 19.6. The Morgan fingerprint density at radius 2 is 1.96 bits per heavy atom. The summed E-state index contributed by atoms with van der Waals surface area (Å²) in [5.74, 6) is 0.132. The number of anilines is 2. The minimum Gasteiger partial charge on any atom is -0.369 e. The highest BCUT2D eigenvalue weighted by atomic mass is 32.1. The lowest BCUT2D eigenvalue weighted by molar-refractivity contribution is -0.114. The van der Waals surface area contributed by atoms with E-state index in [1.165, 1.54) is 11.8 Å². The third-order valence-corrected chi connectivity index (χ3v) is 5.11. The Labute approximate surface area is 168 Å². The molecule has 0 bridgehead atoms. The monoisotopic (exact) mass is 393 g/mol. The molecule has 3 rings (SSSR count). The molecule has 0 unspecified atom stereocenters. The number of nitrogens with one attached hydrogen (secondary N) is 3. The zero-order valence-corrected chi connectivity index (χ0v) is 16.7. The van der Waals surface area contributed by atoms with Crippen molar-refractivity contribution in [3.63, 3.8) is 0 Å². The Balaban J connectivity index is 1.94. The van der Waals surface area contributed by atoms with Gasteiger partial charge in [0.25, 0.3) is 0 Å². The van der Waals surface area contributed by atoms with Crippen LogP contribution in [0.2, 0.25) is 0 Å². The highest BCUT2D eigenvalue weighted by Crippen LogP contribution is 2.36. The van der Waals surface area contributed by atoms with Gasteiger partial charge in [0.05, 0.1) is 5.69 Å². The molecule has 5 N–H and O–H groups in total. The number of amides is 1. The summed E-state index contributed by atoms with van der Waals surface area (Å²) < 4.78 is 1.15. The average molecular weight is 394 g/mol. The van der Waals surface area contributed by atoms with E-state index < -0.39 is 0 Å². The van der Waals surface area contributed by atoms with Gasteiger partial charge in [-0.1, -0.05) is 24.8 Å². The van der Waals surface area contributed by atoms with Crippen LogP contribution < -0.4 is 21.7 Å². The van der Waals surface area contributed by atoms with Crippen LogP contribution in [0.5, 0.6) is 0 Å². The summed E-state index contributed by atoms with van der Waals surface area (Å²) in [6.45, 7) is 6.16. The number of guanidine groups is 1. The van der Waals surface area contributed by atoms with Gasteiger partial charge >= 0.3 is 0 Å². The smallest absolute Gasteiger partial charge is 0.221 e. The van der Waals surface area contributed by atoms with E-state index in [2.05, 4.69) is 39.7 Å². The summed E-state index contributed by atoms with van der Waals surface area (Å²) in [6, 6.07) is 13.5. The largest absolute Gasteiger partial charge is 0.369 e. The van der Waals surface area contributed by atoms with Crippen LogP contribution in [0.4, 0.5) is 17.1 Å². The molecule has 0 spiro atoms. The molecule has 1 heterocycles. The van der Waals surface area contributed by atoms with Gasteiger partial charge in [0.1, 0.15) is 0 Å². The predicted octanol–water partition coefficient (Wildman–Crippen LogP) is 4.28. The summed E-state index contributed by atoms with van der Waals surface area (Å²) >= 11 is 1.73. The van der Waals surface area contributed by atoms with E-state index in [1.807, 2.05) is 31.3 Å². The Morgan fingerprint density at radius 3 is 2.64 bits per heavy atom. The molecule has 0 atom stereocenters. The third kappa shape index (κ3) is 4.57. The van der Waals surface area contributed by atoms with Gasteiger partial charge in [0.15, 0.2) is 5.96 Å². The minimum absolute atomic E-state index is 0.129. The van der Waals surface area contributed by atoms with Gasteiger partial charge in [-0.2, -0.15) is 0 Å². The molecular weight excluding hydrogens is 370 g/mol. The van der Waals surface area contributed by atoms with Gasteiger partial charge in [-0.15, -0.1) is 11.3 Å². The van der Waals surface area contributed by atoms with E-state index in [4.69, 9.17) is 5.73 Å². The van der Waals surface area contributed by atoms with Crippen molar-refractivity contribution in [3.8, 4) is 0 Å². The van der Waals surface area contributed by atoms with Gasteiger partial charge in [-0.3, -0.25) is 4.79 Å². The van der Waals surface area contributed by atoms with Crippen LogP contribution in [0.15, 0.2) is 54.0 Å². The summed E-state index contributed by atoms with van der Waals surface area (Å²) in [7, 11) is 1.93. The van der Waals surface area contributed by atoms with Crippen LogP contribution in [0.25, 0.3) is 16.2 Å². The number of carbonyl (C=O) groups is 1. The number of nitrogens with two attached hydrogens (primary N) is 1. The Hall–Kier alpha value is -3.16. The summed E-state index contributed by atoms with van der Waals surface area (Å²) in [5, 5.41) is 10.1. The van der Waals surface area contributed by atoms with E-state index in [-0.39, 0.29) is 11.9 Å². The van der Waals surface area contributed by atoms with Gasteiger partial charge in [0.2, 0.25) is 5.91 Å². The molecule has 1 amide bonds. The number of fused-ring (bicyclic) bond motifs is 1. The second-order valence-electron chi connectivity index (χ2n) is 6.25. The van der Waals surface area contributed by atoms with Crippen LogP contribution in [-0.2, 0) is 11.3 Å². The lowest BCUT2D eigenvalue weighted by atomic mass is 10.1. The fourth-order valence-corrected chi connectivity index (χ4v) is 3.97. The Bertz CT molecular complexity index is 1050. The zero-order chi connectivity index (χ0) is 20.1. The lowest BCUT2D eigenvalue weighted by Crippen LogP contribution is -2.22. The molecule has 6 nitrogen and oxygen atoms in total. The summed E-state index contributed by atoms with van der Waals surface area (Å²) in [6.07, 6.45) is 1.78. The van der Waals surface area contributed by atoms with E-state index in [0.29, 0.717) is 5.69 Å². The van der Waals surface area contributed by atoms with Crippen LogP contribution >= 0.6 is 11.3 Å². The van der Waals surface area contributed by atoms with E-state index in [1.54, 1.807) is 23.5 Å². The van der Waals surface area contributed by atoms with Gasteiger partial charge in [0, 0.05) is 45.4 Å². The molecule has 0 aliphatic rings. The van der Waals surface area contributed by atoms with Gasteiger partial charge in [-0.05, 0) is 37.4 Å². The Kier molecular flexibility index (Phi) is 6.08. The topological polar surface area (TPSA) is 91.5 Å². The van der Waals surface area contributed by atoms with Crippen LogP contribution in [-0.4, -0.2) is 18.9 Å². The molecule has 0 saturated carbocycles. The molecule has 3 aromatic rings.